The Hall–Kier alpha value is -1.28. The van der Waals surface area contributed by atoms with Crippen LogP contribution in [-0.4, -0.2) is 32.7 Å². The smallest absolute Gasteiger partial charge is 0.167 e. The van der Waals surface area contributed by atoms with Crippen molar-refractivity contribution in [2.45, 2.75) is 69.9 Å². The highest BCUT2D eigenvalue weighted by molar-refractivity contribution is 6.32. The Labute approximate surface area is 186 Å². The monoisotopic (exact) mass is 444 g/mol. The van der Waals surface area contributed by atoms with Gasteiger partial charge in [0.25, 0.3) is 0 Å². The van der Waals surface area contributed by atoms with E-state index in [0.717, 1.165) is 24.0 Å². The van der Waals surface area contributed by atoms with Gasteiger partial charge >= 0.3 is 0 Å². The molecule has 164 valence electrons. The molecule has 0 saturated carbocycles. The summed E-state index contributed by atoms with van der Waals surface area (Å²) in [6.45, 7) is 14.7. The first kappa shape index (κ1) is 23.4. The Balaban J connectivity index is 1.99. The van der Waals surface area contributed by atoms with Crippen LogP contribution < -0.4 is 0 Å². The molecule has 2 nitrogen and oxygen atoms in total. The van der Waals surface area contributed by atoms with Gasteiger partial charge < -0.3 is 8.85 Å². The van der Waals surface area contributed by atoms with E-state index in [2.05, 4.69) is 65.8 Å². The predicted molar refractivity (Wildman–Crippen MR) is 130 cm³/mol. The van der Waals surface area contributed by atoms with Gasteiger partial charge in [-0.15, -0.1) is 0 Å². The van der Waals surface area contributed by atoms with Gasteiger partial charge in [0.1, 0.15) is 5.82 Å². The third-order valence-corrected chi connectivity index (χ3v) is 10.2. The summed E-state index contributed by atoms with van der Waals surface area (Å²) in [5.41, 5.74) is 4.12. The number of halogens is 1. The molecule has 30 heavy (non-hydrogen) atoms. The van der Waals surface area contributed by atoms with Crippen LogP contribution in [0.5, 0.6) is 0 Å². The van der Waals surface area contributed by atoms with Gasteiger partial charge in [0.05, 0.1) is 5.41 Å². The van der Waals surface area contributed by atoms with E-state index in [9.17, 15) is 4.39 Å². The van der Waals surface area contributed by atoms with E-state index >= 15 is 0 Å². The Morgan fingerprint density at radius 3 is 1.90 bits per heavy atom. The quantitative estimate of drug-likeness (QED) is 0.450. The van der Waals surface area contributed by atoms with E-state index in [1.54, 1.807) is 12.1 Å². The van der Waals surface area contributed by atoms with Gasteiger partial charge in [-0.05, 0) is 44.5 Å². The molecule has 0 unspecified atom stereocenters. The van der Waals surface area contributed by atoms with Gasteiger partial charge in [0.15, 0.2) is 19.5 Å². The molecule has 0 amide bonds. The molecule has 0 heterocycles. The van der Waals surface area contributed by atoms with Crippen LogP contribution in [0.1, 0.15) is 65.5 Å². The van der Waals surface area contributed by atoms with Crippen molar-refractivity contribution in [3.8, 4) is 11.1 Å². The number of hydrogen-bond acceptors (Lipinski definition) is 2. The summed E-state index contributed by atoms with van der Waals surface area (Å²) < 4.78 is 27.4. The minimum absolute atomic E-state index is 0.191. The van der Waals surface area contributed by atoms with Crippen LogP contribution >= 0.6 is 0 Å². The highest BCUT2D eigenvalue weighted by Crippen LogP contribution is 2.50. The zero-order valence-electron chi connectivity index (χ0n) is 19.5. The van der Waals surface area contributed by atoms with E-state index in [4.69, 9.17) is 8.85 Å². The lowest BCUT2D eigenvalue weighted by atomic mass is 9.80. The standard InChI is InChI=1S/C25H37FO2Si2/c1-7-23(3,4)29-27-16-25(17-28-30-24(5,6)8-2)21-12-10-9-11-19(21)20-14-13-18(26)15-22(20)25/h9-15H,7-8,16-17,29-30H2,1-6H3. The summed E-state index contributed by atoms with van der Waals surface area (Å²) >= 11 is 0. The maximum absolute atomic E-state index is 14.4. The maximum atomic E-state index is 14.4. The molecule has 0 bridgehead atoms. The number of hydrogen-bond donors (Lipinski definition) is 0. The first-order valence-corrected chi connectivity index (χ1v) is 13.8. The van der Waals surface area contributed by atoms with E-state index in [0.29, 0.717) is 13.2 Å². The molecule has 0 spiro atoms. The van der Waals surface area contributed by atoms with E-state index in [-0.39, 0.29) is 15.9 Å². The molecule has 0 aliphatic heterocycles. The summed E-state index contributed by atoms with van der Waals surface area (Å²) in [5.74, 6) is -0.191. The Morgan fingerprint density at radius 2 is 1.33 bits per heavy atom. The summed E-state index contributed by atoms with van der Waals surface area (Å²) in [7, 11) is -1.47. The maximum Gasteiger partial charge on any atom is 0.167 e. The summed E-state index contributed by atoms with van der Waals surface area (Å²) in [6.07, 6.45) is 2.23. The summed E-state index contributed by atoms with van der Waals surface area (Å²) in [4.78, 5) is 0. The van der Waals surface area contributed by atoms with Gasteiger partial charge in [0, 0.05) is 13.2 Å². The van der Waals surface area contributed by atoms with Crippen LogP contribution in [0.25, 0.3) is 11.1 Å². The first-order chi connectivity index (χ1) is 14.1. The van der Waals surface area contributed by atoms with E-state index < -0.39 is 24.9 Å². The van der Waals surface area contributed by atoms with Gasteiger partial charge in [0.2, 0.25) is 0 Å². The fraction of sp³-hybridized carbons (Fsp3) is 0.520. The lowest BCUT2D eigenvalue weighted by molar-refractivity contribution is 0.172. The fourth-order valence-electron chi connectivity index (χ4n) is 3.99. The number of benzene rings is 2. The van der Waals surface area contributed by atoms with Crippen LogP contribution in [0.15, 0.2) is 42.5 Å². The highest BCUT2D eigenvalue weighted by atomic mass is 28.2. The molecule has 0 saturated heterocycles. The zero-order valence-corrected chi connectivity index (χ0v) is 22.3. The van der Waals surface area contributed by atoms with Crippen LogP contribution in [0.4, 0.5) is 4.39 Å². The molecule has 0 atom stereocenters. The van der Waals surface area contributed by atoms with Crippen LogP contribution in [0.3, 0.4) is 0 Å². The third kappa shape index (κ3) is 4.80. The Kier molecular flexibility index (Phi) is 7.07. The second-order valence-corrected chi connectivity index (χ2v) is 15.6. The van der Waals surface area contributed by atoms with Crippen molar-refractivity contribution < 1.29 is 13.2 Å². The van der Waals surface area contributed by atoms with Gasteiger partial charge in [-0.2, -0.15) is 0 Å². The summed E-state index contributed by atoms with van der Waals surface area (Å²) in [6, 6.07) is 13.7. The second-order valence-electron chi connectivity index (χ2n) is 10.3. The van der Waals surface area contributed by atoms with Crippen molar-refractivity contribution in [1.82, 2.24) is 0 Å². The van der Waals surface area contributed by atoms with Crippen molar-refractivity contribution in [2.24, 2.45) is 0 Å². The van der Waals surface area contributed by atoms with Gasteiger partial charge in [-0.25, -0.2) is 4.39 Å². The molecule has 1 aliphatic rings. The molecular formula is C25H37FO2Si2. The highest BCUT2D eigenvalue weighted by Gasteiger charge is 2.44. The first-order valence-electron chi connectivity index (χ1n) is 11.2. The topological polar surface area (TPSA) is 18.5 Å². The molecule has 5 heteroatoms. The molecular weight excluding hydrogens is 407 g/mol. The lowest BCUT2D eigenvalue weighted by Crippen LogP contribution is -2.39. The second kappa shape index (κ2) is 9.07. The number of fused-ring (bicyclic) bond motifs is 3. The molecule has 0 radical (unpaired) electrons. The van der Waals surface area contributed by atoms with Crippen molar-refractivity contribution in [3.05, 3.63) is 59.4 Å². The third-order valence-electron chi connectivity index (χ3n) is 6.83. The largest absolute Gasteiger partial charge is 0.422 e. The SMILES string of the molecule is CCC(C)(C)[SiH2]OCC1(CO[SiH2]C(C)(C)CC)c2ccccc2-c2ccc(F)cc21. The zero-order chi connectivity index (χ0) is 22.0. The van der Waals surface area contributed by atoms with Crippen LogP contribution in [0.2, 0.25) is 10.1 Å². The van der Waals surface area contributed by atoms with Crippen LogP contribution in [0, 0.1) is 5.82 Å². The van der Waals surface area contributed by atoms with Crippen molar-refractivity contribution in [2.75, 3.05) is 13.2 Å². The van der Waals surface area contributed by atoms with Crippen molar-refractivity contribution >= 4 is 19.5 Å². The van der Waals surface area contributed by atoms with Crippen molar-refractivity contribution in [1.29, 1.82) is 0 Å². The summed E-state index contributed by atoms with van der Waals surface area (Å²) in [5, 5.41) is 0.508. The van der Waals surface area contributed by atoms with E-state index in [1.807, 2.05) is 6.07 Å². The average molecular weight is 445 g/mol. The van der Waals surface area contributed by atoms with E-state index in [1.165, 1.54) is 11.1 Å². The molecule has 3 rings (SSSR count). The predicted octanol–water partition coefficient (Wildman–Crippen LogP) is 5.51. The van der Waals surface area contributed by atoms with Crippen LogP contribution in [-0.2, 0) is 14.3 Å². The van der Waals surface area contributed by atoms with Crippen molar-refractivity contribution in [3.63, 3.8) is 0 Å². The minimum Gasteiger partial charge on any atom is -0.422 e. The normalized spacial score (nSPS) is 19.2. The fourth-order valence-corrected chi connectivity index (χ4v) is 6.40. The molecule has 2 aromatic carbocycles. The minimum atomic E-state index is -0.735. The Morgan fingerprint density at radius 1 is 0.800 bits per heavy atom. The van der Waals surface area contributed by atoms with Gasteiger partial charge in [-0.3, -0.25) is 0 Å². The molecule has 0 N–H and O–H groups in total. The van der Waals surface area contributed by atoms with Gasteiger partial charge in [-0.1, -0.05) is 84.7 Å². The number of rotatable bonds is 10. The molecule has 2 aromatic rings. The lowest BCUT2D eigenvalue weighted by Gasteiger charge is -2.35. The molecule has 0 aromatic heterocycles. The average Bonchev–Trinajstić information content (AvgIpc) is 2.98. The molecule has 1 aliphatic carbocycles. The molecule has 0 fully saturated rings. The Bertz CT molecular complexity index is 857.